The minimum absolute atomic E-state index is 0.0883. The molecular formula is C8H19N3O3S. The fourth-order valence-electron chi connectivity index (χ4n) is 0.889. The number of ether oxygens (including phenoxy) is 1. The van der Waals surface area contributed by atoms with E-state index in [-0.39, 0.29) is 18.2 Å². The zero-order chi connectivity index (χ0) is 12.1. The molecule has 90 valence electrons. The third kappa shape index (κ3) is 4.59. The van der Waals surface area contributed by atoms with Gasteiger partial charge in [-0.1, -0.05) is 0 Å². The molecule has 0 saturated heterocycles. The van der Waals surface area contributed by atoms with Crippen molar-refractivity contribution in [1.29, 1.82) is 5.41 Å². The zero-order valence-corrected chi connectivity index (χ0v) is 10.2. The molecule has 1 unspecified atom stereocenters. The highest BCUT2D eigenvalue weighted by Gasteiger charge is 2.24. The quantitative estimate of drug-likeness (QED) is 0.358. The summed E-state index contributed by atoms with van der Waals surface area (Å²) >= 11 is 0. The van der Waals surface area contributed by atoms with E-state index in [4.69, 9.17) is 15.9 Å². The van der Waals surface area contributed by atoms with Crippen LogP contribution in [0.5, 0.6) is 0 Å². The summed E-state index contributed by atoms with van der Waals surface area (Å²) in [7, 11) is -1.98. The van der Waals surface area contributed by atoms with Crippen LogP contribution in [0.25, 0.3) is 0 Å². The van der Waals surface area contributed by atoms with Gasteiger partial charge in [0.2, 0.25) is 10.0 Å². The van der Waals surface area contributed by atoms with E-state index in [1.165, 1.54) is 7.05 Å². The van der Waals surface area contributed by atoms with Crippen LogP contribution in [0, 0.1) is 5.41 Å². The normalized spacial score (nSPS) is 14.1. The van der Waals surface area contributed by atoms with Crippen molar-refractivity contribution in [2.75, 3.05) is 26.0 Å². The van der Waals surface area contributed by atoms with Gasteiger partial charge in [0.15, 0.2) is 0 Å². The van der Waals surface area contributed by atoms with E-state index in [0.29, 0.717) is 6.61 Å². The van der Waals surface area contributed by atoms with Crippen LogP contribution >= 0.6 is 0 Å². The molecule has 0 aliphatic heterocycles. The molecule has 0 aliphatic rings. The predicted molar refractivity (Wildman–Crippen MR) is 59.4 cm³/mol. The summed E-state index contributed by atoms with van der Waals surface area (Å²) in [5.74, 6) is -0.257. The second kappa shape index (κ2) is 6.04. The van der Waals surface area contributed by atoms with Crippen molar-refractivity contribution in [3.05, 3.63) is 0 Å². The molecule has 15 heavy (non-hydrogen) atoms. The maximum absolute atomic E-state index is 11.6. The number of hydrogen-bond donors (Lipinski definition) is 2. The van der Waals surface area contributed by atoms with Crippen molar-refractivity contribution >= 4 is 15.9 Å². The van der Waals surface area contributed by atoms with Crippen LogP contribution in [0.2, 0.25) is 0 Å². The number of likely N-dealkylation sites (N-methyl/N-ethyl adjacent to an activating group) is 1. The molecule has 0 aliphatic carbocycles. The van der Waals surface area contributed by atoms with Gasteiger partial charge in [-0.2, -0.15) is 4.31 Å². The van der Waals surface area contributed by atoms with Crippen LogP contribution in [0.4, 0.5) is 0 Å². The van der Waals surface area contributed by atoms with Crippen LogP contribution in [0.15, 0.2) is 0 Å². The van der Waals surface area contributed by atoms with Gasteiger partial charge in [0.05, 0.1) is 18.4 Å². The van der Waals surface area contributed by atoms with E-state index < -0.39 is 16.1 Å². The first-order valence-electron chi connectivity index (χ1n) is 4.70. The Balaban J connectivity index is 4.39. The molecule has 3 N–H and O–H groups in total. The van der Waals surface area contributed by atoms with Gasteiger partial charge >= 0.3 is 0 Å². The van der Waals surface area contributed by atoms with Crippen LogP contribution in [0.1, 0.15) is 13.8 Å². The minimum atomic E-state index is -3.39. The van der Waals surface area contributed by atoms with Crippen LogP contribution in [0.3, 0.4) is 0 Å². The van der Waals surface area contributed by atoms with Crippen LogP contribution < -0.4 is 5.73 Å². The number of nitrogens with zero attached hydrogens (tertiary/aromatic N) is 1. The summed E-state index contributed by atoms with van der Waals surface area (Å²) in [5, 5.41) is 7.16. The van der Waals surface area contributed by atoms with E-state index >= 15 is 0 Å². The zero-order valence-electron chi connectivity index (χ0n) is 9.36. The van der Waals surface area contributed by atoms with Gasteiger partial charge in [-0.05, 0) is 13.8 Å². The Labute approximate surface area is 91.0 Å². The molecule has 0 radical (unpaired) electrons. The first-order valence-corrected chi connectivity index (χ1v) is 6.31. The summed E-state index contributed by atoms with van der Waals surface area (Å²) < 4.78 is 29.4. The van der Waals surface area contributed by atoms with Gasteiger partial charge in [-0.3, -0.25) is 5.41 Å². The number of nitrogens with one attached hydrogen (secondary N) is 1. The maximum atomic E-state index is 11.6. The second-order valence-electron chi connectivity index (χ2n) is 3.16. The van der Waals surface area contributed by atoms with Gasteiger partial charge in [-0.25, -0.2) is 8.42 Å². The van der Waals surface area contributed by atoms with Gasteiger partial charge in [0.25, 0.3) is 0 Å². The van der Waals surface area contributed by atoms with Crippen LogP contribution in [-0.4, -0.2) is 50.6 Å². The first kappa shape index (κ1) is 14.3. The monoisotopic (exact) mass is 237 g/mol. The Morgan fingerprint density at radius 3 is 2.53 bits per heavy atom. The molecule has 0 spiro atoms. The van der Waals surface area contributed by atoms with Crippen molar-refractivity contribution in [2.45, 2.75) is 19.9 Å². The number of amidine groups is 1. The lowest BCUT2D eigenvalue weighted by molar-refractivity contribution is 0.162. The highest BCUT2D eigenvalue weighted by atomic mass is 32.2. The Hall–Kier alpha value is -0.660. The average molecular weight is 237 g/mol. The van der Waals surface area contributed by atoms with E-state index in [2.05, 4.69) is 0 Å². The molecular weight excluding hydrogens is 218 g/mol. The molecule has 0 aromatic carbocycles. The highest BCUT2D eigenvalue weighted by molar-refractivity contribution is 7.89. The third-order valence-corrected chi connectivity index (χ3v) is 4.00. The maximum Gasteiger partial charge on any atom is 0.216 e. The molecule has 0 aromatic heterocycles. The number of nitrogens with two attached hydrogens (primary N) is 1. The van der Waals surface area contributed by atoms with Gasteiger partial charge in [0.1, 0.15) is 5.84 Å². The number of hydrogen-bond acceptors (Lipinski definition) is 4. The minimum Gasteiger partial charge on any atom is -0.386 e. The third-order valence-electron chi connectivity index (χ3n) is 2.12. The fourth-order valence-corrected chi connectivity index (χ4v) is 2.10. The Kier molecular flexibility index (Phi) is 5.77. The molecule has 0 fully saturated rings. The summed E-state index contributed by atoms with van der Waals surface area (Å²) in [4.78, 5) is 0. The molecule has 0 saturated carbocycles. The lowest BCUT2D eigenvalue weighted by atomic mass is 10.3. The van der Waals surface area contributed by atoms with Gasteiger partial charge in [0, 0.05) is 13.7 Å². The lowest BCUT2D eigenvalue weighted by Gasteiger charge is -2.22. The Morgan fingerprint density at radius 2 is 2.13 bits per heavy atom. The Bertz CT molecular complexity index is 302. The van der Waals surface area contributed by atoms with E-state index in [0.717, 1.165) is 4.31 Å². The average Bonchev–Trinajstić information content (AvgIpc) is 2.15. The topological polar surface area (TPSA) is 96.5 Å². The largest absolute Gasteiger partial charge is 0.386 e. The first-order chi connectivity index (χ1) is 6.83. The Morgan fingerprint density at radius 1 is 1.60 bits per heavy atom. The summed E-state index contributed by atoms with van der Waals surface area (Å²) in [6, 6.07) is -0.614. The fraction of sp³-hybridized carbons (Fsp3) is 0.875. The summed E-state index contributed by atoms with van der Waals surface area (Å²) in [6.45, 7) is 4.02. The van der Waals surface area contributed by atoms with Gasteiger partial charge in [-0.15, -0.1) is 0 Å². The van der Waals surface area contributed by atoms with Crippen molar-refractivity contribution in [1.82, 2.24) is 4.31 Å². The van der Waals surface area contributed by atoms with Crippen molar-refractivity contribution in [3.63, 3.8) is 0 Å². The molecule has 6 nitrogen and oxygen atoms in total. The van der Waals surface area contributed by atoms with Crippen LogP contribution in [-0.2, 0) is 14.8 Å². The predicted octanol–water partition coefficient (Wildman–Crippen LogP) is -0.391. The molecule has 0 rings (SSSR count). The number of rotatable bonds is 7. The molecule has 0 heterocycles. The molecule has 0 aromatic rings. The standard InChI is InChI=1S/C8H19N3O3S/c1-4-14-5-6-15(12,13)11(3)7(2)8(9)10/h7H,4-6H2,1-3H3,(H3,9,10). The molecule has 1 atom stereocenters. The highest BCUT2D eigenvalue weighted by Crippen LogP contribution is 2.04. The van der Waals surface area contributed by atoms with Crippen molar-refractivity contribution in [2.24, 2.45) is 5.73 Å². The second-order valence-corrected chi connectivity index (χ2v) is 5.31. The van der Waals surface area contributed by atoms with Crippen molar-refractivity contribution in [3.8, 4) is 0 Å². The van der Waals surface area contributed by atoms with E-state index in [1.54, 1.807) is 13.8 Å². The lowest BCUT2D eigenvalue weighted by Crippen LogP contribution is -2.44. The SMILES string of the molecule is CCOCCS(=O)(=O)N(C)C(C)C(=N)N. The molecule has 0 amide bonds. The smallest absolute Gasteiger partial charge is 0.216 e. The van der Waals surface area contributed by atoms with Crippen molar-refractivity contribution < 1.29 is 13.2 Å². The van der Waals surface area contributed by atoms with E-state index in [1.807, 2.05) is 0 Å². The summed E-state index contributed by atoms with van der Waals surface area (Å²) in [5.41, 5.74) is 5.23. The van der Waals surface area contributed by atoms with Gasteiger partial charge < -0.3 is 10.5 Å². The summed E-state index contributed by atoms with van der Waals surface area (Å²) in [6.07, 6.45) is 0. The van der Waals surface area contributed by atoms with E-state index in [9.17, 15) is 8.42 Å². The molecule has 0 bridgehead atoms. The number of sulfonamides is 1. The molecule has 7 heteroatoms.